The Balaban J connectivity index is 0.00000144. The molecular weight excluding hydrogens is 371 g/mol. The van der Waals surface area contributed by atoms with Crippen molar-refractivity contribution in [1.29, 1.82) is 0 Å². The van der Waals surface area contributed by atoms with Gasteiger partial charge in [-0.25, -0.2) is 4.98 Å². The van der Waals surface area contributed by atoms with Crippen LogP contribution in [0.15, 0.2) is 18.3 Å². The summed E-state index contributed by atoms with van der Waals surface area (Å²) < 4.78 is 6.71. The molecule has 0 bridgehead atoms. The standard InChI is InChI=1S/C11H15IN2OS.ClH/c12-10-2-3-11(13-8-10)15-6-1-4-14-5-7-16-9-14;/h2-3,8H,1,4-7,9H2;1H. The predicted molar refractivity (Wildman–Crippen MR) is 83.2 cm³/mol. The summed E-state index contributed by atoms with van der Waals surface area (Å²) in [5.74, 6) is 3.19. The lowest BCUT2D eigenvalue weighted by molar-refractivity contribution is 0.262. The molecule has 0 atom stereocenters. The van der Waals surface area contributed by atoms with Crippen LogP contribution in [0.3, 0.4) is 0 Å². The van der Waals surface area contributed by atoms with Crippen LogP contribution >= 0.6 is 46.8 Å². The van der Waals surface area contributed by atoms with Gasteiger partial charge >= 0.3 is 0 Å². The number of pyridine rings is 1. The van der Waals surface area contributed by atoms with E-state index in [1.54, 1.807) is 0 Å². The highest BCUT2D eigenvalue weighted by atomic mass is 127. The molecule has 1 aromatic rings. The molecule has 0 radical (unpaired) electrons. The van der Waals surface area contributed by atoms with Crippen molar-refractivity contribution in [3.63, 3.8) is 0 Å². The van der Waals surface area contributed by atoms with Crippen LogP contribution in [0.1, 0.15) is 6.42 Å². The first-order valence-corrected chi connectivity index (χ1v) is 7.62. The van der Waals surface area contributed by atoms with E-state index < -0.39 is 0 Å². The molecule has 0 amide bonds. The summed E-state index contributed by atoms with van der Waals surface area (Å²) in [6.07, 6.45) is 2.90. The summed E-state index contributed by atoms with van der Waals surface area (Å²) in [5, 5.41) is 0. The monoisotopic (exact) mass is 386 g/mol. The second kappa shape index (κ2) is 8.39. The molecule has 1 aliphatic rings. The Morgan fingerprint density at radius 2 is 2.35 bits per heavy atom. The number of ether oxygens (including phenoxy) is 1. The minimum absolute atomic E-state index is 0. The molecule has 96 valence electrons. The van der Waals surface area contributed by atoms with Crippen molar-refractivity contribution in [2.45, 2.75) is 6.42 Å². The number of rotatable bonds is 5. The molecule has 0 spiro atoms. The maximum absolute atomic E-state index is 5.57. The molecule has 0 aromatic carbocycles. The van der Waals surface area contributed by atoms with Crippen LogP contribution < -0.4 is 4.74 Å². The molecule has 1 aromatic heterocycles. The van der Waals surface area contributed by atoms with Crippen LogP contribution in [-0.2, 0) is 0 Å². The number of nitrogens with zero attached hydrogens (tertiary/aromatic N) is 2. The van der Waals surface area contributed by atoms with E-state index in [1.807, 2.05) is 30.1 Å². The molecule has 1 saturated heterocycles. The van der Waals surface area contributed by atoms with Crippen molar-refractivity contribution in [2.24, 2.45) is 0 Å². The lowest BCUT2D eigenvalue weighted by Gasteiger charge is -2.13. The molecule has 0 aliphatic carbocycles. The SMILES string of the molecule is Cl.Ic1ccc(OCCCN2CCSC2)nc1. The van der Waals surface area contributed by atoms with E-state index in [4.69, 9.17) is 4.74 Å². The van der Waals surface area contributed by atoms with Crippen molar-refractivity contribution in [2.75, 3.05) is 31.3 Å². The molecule has 6 heteroatoms. The average molecular weight is 387 g/mol. The molecule has 0 saturated carbocycles. The second-order valence-corrected chi connectivity index (χ2v) is 5.99. The first-order chi connectivity index (χ1) is 7.84. The van der Waals surface area contributed by atoms with Gasteiger partial charge in [0, 0.05) is 40.6 Å². The topological polar surface area (TPSA) is 25.4 Å². The van der Waals surface area contributed by atoms with Gasteiger partial charge in [-0.1, -0.05) is 0 Å². The third kappa shape index (κ3) is 5.63. The van der Waals surface area contributed by atoms with E-state index in [0.29, 0.717) is 0 Å². The van der Waals surface area contributed by atoms with Crippen LogP contribution in [0.5, 0.6) is 5.88 Å². The van der Waals surface area contributed by atoms with E-state index in [2.05, 4.69) is 32.5 Å². The third-order valence-electron chi connectivity index (χ3n) is 2.39. The van der Waals surface area contributed by atoms with Gasteiger partial charge in [-0.05, 0) is 35.1 Å². The number of hydrogen-bond acceptors (Lipinski definition) is 4. The summed E-state index contributed by atoms with van der Waals surface area (Å²) in [4.78, 5) is 6.67. The number of hydrogen-bond donors (Lipinski definition) is 0. The molecule has 2 rings (SSSR count). The Morgan fingerprint density at radius 1 is 1.47 bits per heavy atom. The normalized spacial score (nSPS) is 15.6. The van der Waals surface area contributed by atoms with Gasteiger partial charge < -0.3 is 4.74 Å². The fraction of sp³-hybridized carbons (Fsp3) is 0.545. The number of halogens is 2. The second-order valence-electron chi connectivity index (χ2n) is 3.67. The van der Waals surface area contributed by atoms with Gasteiger partial charge in [-0.3, -0.25) is 4.90 Å². The minimum atomic E-state index is 0. The van der Waals surface area contributed by atoms with Crippen molar-refractivity contribution < 1.29 is 4.74 Å². The minimum Gasteiger partial charge on any atom is -0.478 e. The zero-order valence-corrected chi connectivity index (χ0v) is 13.3. The highest BCUT2D eigenvalue weighted by Gasteiger charge is 2.10. The van der Waals surface area contributed by atoms with E-state index in [1.165, 1.54) is 18.2 Å². The van der Waals surface area contributed by atoms with Gasteiger partial charge in [0.2, 0.25) is 5.88 Å². The highest BCUT2D eigenvalue weighted by Crippen LogP contribution is 2.13. The quantitative estimate of drug-likeness (QED) is 0.574. The smallest absolute Gasteiger partial charge is 0.213 e. The number of thioether (sulfide) groups is 1. The summed E-state index contributed by atoms with van der Waals surface area (Å²) in [5.41, 5.74) is 0. The fourth-order valence-electron chi connectivity index (χ4n) is 1.54. The van der Waals surface area contributed by atoms with E-state index >= 15 is 0 Å². The van der Waals surface area contributed by atoms with Gasteiger partial charge in [0.1, 0.15) is 0 Å². The first kappa shape index (κ1) is 15.3. The van der Waals surface area contributed by atoms with Crippen LogP contribution in [0.2, 0.25) is 0 Å². The Hall–Kier alpha value is 0.280. The average Bonchev–Trinajstić information content (AvgIpc) is 2.80. The lowest BCUT2D eigenvalue weighted by Crippen LogP contribution is -2.22. The summed E-state index contributed by atoms with van der Waals surface area (Å²) >= 11 is 4.25. The summed E-state index contributed by atoms with van der Waals surface area (Å²) in [6, 6.07) is 3.94. The summed E-state index contributed by atoms with van der Waals surface area (Å²) in [7, 11) is 0. The van der Waals surface area contributed by atoms with Crippen LogP contribution in [-0.4, -0.2) is 41.2 Å². The van der Waals surface area contributed by atoms with Crippen LogP contribution in [0.4, 0.5) is 0 Å². The molecule has 1 fully saturated rings. The van der Waals surface area contributed by atoms with E-state index in [9.17, 15) is 0 Å². The van der Waals surface area contributed by atoms with Crippen molar-refractivity contribution in [3.05, 3.63) is 21.9 Å². The fourth-order valence-corrected chi connectivity index (χ4v) is 2.89. The molecular formula is C11H16ClIN2OS. The summed E-state index contributed by atoms with van der Waals surface area (Å²) in [6.45, 7) is 3.12. The van der Waals surface area contributed by atoms with Crippen molar-refractivity contribution >= 4 is 46.8 Å². The number of aromatic nitrogens is 1. The van der Waals surface area contributed by atoms with E-state index in [0.717, 1.165) is 29.0 Å². The third-order valence-corrected chi connectivity index (χ3v) is 4.05. The van der Waals surface area contributed by atoms with Gasteiger partial charge in [0.15, 0.2) is 0 Å². The van der Waals surface area contributed by atoms with Gasteiger partial charge in [-0.15, -0.1) is 24.2 Å². The van der Waals surface area contributed by atoms with Crippen molar-refractivity contribution in [1.82, 2.24) is 9.88 Å². The lowest BCUT2D eigenvalue weighted by atomic mass is 10.4. The zero-order valence-electron chi connectivity index (χ0n) is 9.47. The Kier molecular flexibility index (Phi) is 7.57. The van der Waals surface area contributed by atoms with Crippen LogP contribution in [0, 0.1) is 3.57 Å². The molecule has 17 heavy (non-hydrogen) atoms. The molecule has 0 N–H and O–H groups in total. The zero-order chi connectivity index (χ0) is 11.2. The van der Waals surface area contributed by atoms with E-state index in [-0.39, 0.29) is 12.4 Å². The molecule has 0 unspecified atom stereocenters. The first-order valence-electron chi connectivity index (χ1n) is 5.39. The predicted octanol–water partition coefficient (Wildman–Crippen LogP) is 2.88. The highest BCUT2D eigenvalue weighted by molar-refractivity contribution is 14.1. The van der Waals surface area contributed by atoms with Crippen molar-refractivity contribution in [3.8, 4) is 5.88 Å². The Labute approximate surface area is 126 Å². The Bertz CT molecular complexity index is 320. The maximum Gasteiger partial charge on any atom is 0.213 e. The van der Waals surface area contributed by atoms with Crippen LogP contribution in [0.25, 0.3) is 0 Å². The molecule has 2 heterocycles. The molecule has 1 aliphatic heterocycles. The van der Waals surface area contributed by atoms with Gasteiger partial charge in [-0.2, -0.15) is 0 Å². The largest absolute Gasteiger partial charge is 0.478 e. The molecule has 3 nitrogen and oxygen atoms in total. The Morgan fingerprint density at radius 3 is 3.00 bits per heavy atom. The van der Waals surface area contributed by atoms with Gasteiger partial charge in [0.05, 0.1) is 6.61 Å². The maximum atomic E-state index is 5.57. The van der Waals surface area contributed by atoms with Gasteiger partial charge in [0.25, 0.3) is 0 Å².